The first-order valence-corrected chi connectivity index (χ1v) is 9.81. The maximum absolute atomic E-state index is 12.1. The lowest BCUT2D eigenvalue weighted by Gasteiger charge is -2.09. The highest BCUT2D eigenvalue weighted by molar-refractivity contribution is 7.90. The fraction of sp³-hybridized carbons (Fsp3) is 0.933. The normalized spacial score (nSPS) is 12.3. The van der Waals surface area contributed by atoms with Crippen molar-refractivity contribution >= 4 is 15.9 Å². The smallest absolute Gasteiger partial charge is 0.274 e. The number of alkyl halides is 3. The van der Waals surface area contributed by atoms with E-state index in [1.807, 2.05) is 0 Å². The monoisotopic (exact) mass is 359 g/mol. The van der Waals surface area contributed by atoms with E-state index in [4.69, 9.17) is 0 Å². The summed E-state index contributed by atoms with van der Waals surface area (Å²) in [6.07, 6.45) is 11.5. The van der Waals surface area contributed by atoms with Crippen molar-refractivity contribution in [2.75, 3.05) is 0 Å². The van der Waals surface area contributed by atoms with E-state index in [2.05, 4.69) is 6.92 Å². The van der Waals surface area contributed by atoms with Crippen LogP contribution in [0.3, 0.4) is 0 Å². The number of sulfonamides is 1. The molecule has 0 heterocycles. The van der Waals surface area contributed by atoms with Crippen molar-refractivity contribution in [3.05, 3.63) is 0 Å². The molecule has 0 aromatic carbocycles. The summed E-state index contributed by atoms with van der Waals surface area (Å²) in [5.74, 6) is -1.10. The maximum atomic E-state index is 12.1. The van der Waals surface area contributed by atoms with E-state index in [0.717, 1.165) is 30.4 Å². The quantitative estimate of drug-likeness (QED) is 0.487. The molecule has 0 fully saturated rings. The van der Waals surface area contributed by atoms with Gasteiger partial charge in [0.2, 0.25) is 5.91 Å². The molecule has 138 valence electrons. The summed E-state index contributed by atoms with van der Waals surface area (Å²) in [6.45, 7) is 2.18. The minimum Gasteiger partial charge on any atom is -0.274 e. The predicted molar refractivity (Wildman–Crippen MR) is 84.2 cm³/mol. The summed E-state index contributed by atoms with van der Waals surface area (Å²) in [4.78, 5) is 11.2. The highest BCUT2D eigenvalue weighted by Crippen LogP contribution is 2.21. The molecule has 0 aliphatic heterocycles. The lowest BCUT2D eigenvalue weighted by Crippen LogP contribution is -2.40. The van der Waals surface area contributed by atoms with Gasteiger partial charge in [-0.05, 0) is 6.42 Å². The van der Waals surface area contributed by atoms with E-state index < -0.39 is 21.4 Å². The number of rotatable bonds is 13. The fourth-order valence-corrected chi connectivity index (χ4v) is 2.73. The highest BCUT2D eigenvalue weighted by atomic mass is 32.2. The second-order valence-electron chi connectivity index (χ2n) is 5.76. The summed E-state index contributed by atoms with van der Waals surface area (Å²) in [5.41, 5.74) is -5.44. The van der Waals surface area contributed by atoms with Gasteiger partial charge in [0.25, 0.3) is 0 Å². The average molecular weight is 359 g/mol. The highest BCUT2D eigenvalue weighted by Gasteiger charge is 2.46. The summed E-state index contributed by atoms with van der Waals surface area (Å²) < 4.78 is 58.6. The Labute approximate surface area is 137 Å². The molecule has 0 aliphatic rings. The zero-order chi connectivity index (χ0) is 17.8. The Kier molecular flexibility index (Phi) is 11.3. The second-order valence-corrected chi connectivity index (χ2v) is 7.43. The van der Waals surface area contributed by atoms with E-state index in [1.165, 1.54) is 38.5 Å². The van der Waals surface area contributed by atoms with Gasteiger partial charge in [-0.1, -0.05) is 71.1 Å². The lowest BCUT2D eigenvalue weighted by molar-refractivity contribution is -0.120. The summed E-state index contributed by atoms with van der Waals surface area (Å²) in [7, 11) is -5.56. The molecule has 4 nitrogen and oxygen atoms in total. The number of amides is 1. The number of nitrogens with one attached hydrogen (secondary N) is 1. The molecular formula is C15H28F3NO3S. The first-order chi connectivity index (χ1) is 10.7. The van der Waals surface area contributed by atoms with E-state index in [1.54, 1.807) is 0 Å². The standard InChI is InChI=1S/C15H28F3NO3S/c1-2-3-4-5-6-7-8-9-10-11-12-13-14(20)19-23(21,22)15(16,17)18/h2-13H2,1H3,(H,19,20). The lowest BCUT2D eigenvalue weighted by atomic mass is 10.1. The van der Waals surface area contributed by atoms with Crippen molar-refractivity contribution in [3.63, 3.8) is 0 Å². The number of hydrogen-bond acceptors (Lipinski definition) is 3. The third kappa shape index (κ3) is 11.4. The van der Waals surface area contributed by atoms with Crippen molar-refractivity contribution in [2.45, 2.75) is 89.5 Å². The van der Waals surface area contributed by atoms with Gasteiger partial charge in [0, 0.05) is 6.42 Å². The molecule has 8 heteroatoms. The minimum absolute atomic E-state index is 0.202. The molecular weight excluding hydrogens is 331 g/mol. The van der Waals surface area contributed by atoms with Gasteiger partial charge in [-0.25, -0.2) is 4.72 Å². The van der Waals surface area contributed by atoms with Gasteiger partial charge in [0.1, 0.15) is 0 Å². The van der Waals surface area contributed by atoms with Crippen LogP contribution in [-0.2, 0) is 14.8 Å². The molecule has 0 bridgehead atoms. The zero-order valence-electron chi connectivity index (χ0n) is 13.8. The van der Waals surface area contributed by atoms with Crippen molar-refractivity contribution in [1.82, 2.24) is 4.72 Å². The number of unbranched alkanes of at least 4 members (excludes halogenated alkanes) is 10. The molecule has 0 atom stereocenters. The summed E-state index contributed by atoms with van der Waals surface area (Å²) >= 11 is 0. The van der Waals surface area contributed by atoms with Crippen molar-refractivity contribution in [1.29, 1.82) is 0 Å². The van der Waals surface area contributed by atoms with Crippen LogP contribution in [0.25, 0.3) is 0 Å². The molecule has 0 aromatic rings. The Bertz CT molecular complexity index is 422. The van der Waals surface area contributed by atoms with Gasteiger partial charge in [-0.3, -0.25) is 4.79 Å². The van der Waals surface area contributed by atoms with Crippen LogP contribution < -0.4 is 4.72 Å². The number of carbonyl (C=O) groups is 1. The molecule has 0 aliphatic carbocycles. The fourth-order valence-electron chi connectivity index (χ4n) is 2.21. The minimum atomic E-state index is -5.56. The van der Waals surface area contributed by atoms with Crippen LogP contribution in [0.15, 0.2) is 0 Å². The van der Waals surface area contributed by atoms with Crippen molar-refractivity contribution in [3.8, 4) is 0 Å². The van der Waals surface area contributed by atoms with Crippen molar-refractivity contribution < 1.29 is 26.4 Å². The largest absolute Gasteiger partial charge is 0.516 e. The second kappa shape index (κ2) is 11.7. The third-order valence-electron chi connectivity index (χ3n) is 3.56. The van der Waals surface area contributed by atoms with Gasteiger partial charge in [-0.15, -0.1) is 0 Å². The Hall–Kier alpha value is -0.790. The Morgan fingerprint density at radius 1 is 0.826 bits per heavy atom. The first kappa shape index (κ1) is 22.2. The van der Waals surface area contributed by atoms with E-state index in [9.17, 15) is 26.4 Å². The first-order valence-electron chi connectivity index (χ1n) is 8.32. The van der Waals surface area contributed by atoms with Crippen LogP contribution >= 0.6 is 0 Å². The van der Waals surface area contributed by atoms with Gasteiger partial charge >= 0.3 is 15.5 Å². The van der Waals surface area contributed by atoms with Crippen LogP contribution in [0.4, 0.5) is 13.2 Å². The van der Waals surface area contributed by atoms with Gasteiger partial charge in [0.05, 0.1) is 0 Å². The SMILES string of the molecule is CCCCCCCCCCCCCC(=O)NS(=O)(=O)C(F)(F)F. The summed E-state index contributed by atoms with van der Waals surface area (Å²) in [5, 5.41) is 0. The average Bonchev–Trinajstić information content (AvgIpc) is 2.43. The molecule has 0 saturated heterocycles. The van der Waals surface area contributed by atoms with Crippen LogP contribution in [-0.4, -0.2) is 19.8 Å². The number of halogens is 3. The molecule has 0 spiro atoms. The van der Waals surface area contributed by atoms with Crippen LogP contribution in [0.5, 0.6) is 0 Å². The zero-order valence-corrected chi connectivity index (χ0v) is 14.6. The summed E-state index contributed by atoms with van der Waals surface area (Å²) in [6, 6.07) is 0. The Morgan fingerprint density at radius 3 is 1.61 bits per heavy atom. The molecule has 0 rings (SSSR count). The number of hydrogen-bond donors (Lipinski definition) is 1. The van der Waals surface area contributed by atoms with E-state index in [0.29, 0.717) is 6.42 Å². The Morgan fingerprint density at radius 2 is 1.22 bits per heavy atom. The molecule has 1 N–H and O–H groups in total. The molecule has 0 radical (unpaired) electrons. The van der Waals surface area contributed by atoms with Crippen LogP contribution in [0, 0.1) is 0 Å². The number of carbonyl (C=O) groups excluding carboxylic acids is 1. The predicted octanol–water partition coefficient (Wildman–Crippen LogP) is 4.65. The van der Waals surface area contributed by atoms with E-state index in [-0.39, 0.29) is 6.42 Å². The molecule has 0 aromatic heterocycles. The molecule has 0 saturated carbocycles. The van der Waals surface area contributed by atoms with Gasteiger partial charge in [0.15, 0.2) is 0 Å². The maximum Gasteiger partial charge on any atom is 0.516 e. The van der Waals surface area contributed by atoms with Gasteiger partial charge in [-0.2, -0.15) is 21.6 Å². The molecule has 0 unspecified atom stereocenters. The molecule has 1 amide bonds. The van der Waals surface area contributed by atoms with E-state index >= 15 is 0 Å². The van der Waals surface area contributed by atoms with Crippen LogP contribution in [0.2, 0.25) is 0 Å². The Balaban J connectivity index is 3.54. The van der Waals surface area contributed by atoms with Gasteiger partial charge < -0.3 is 0 Å². The third-order valence-corrected chi connectivity index (χ3v) is 4.67. The van der Waals surface area contributed by atoms with Crippen molar-refractivity contribution in [2.24, 2.45) is 0 Å². The topological polar surface area (TPSA) is 63.2 Å². The molecule has 23 heavy (non-hydrogen) atoms. The van der Waals surface area contributed by atoms with Crippen LogP contribution in [0.1, 0.15) is 84.0 Å².